The summed E-state index contributed by atoms with van der Waals surface area (Å²) >= 11 is 1.51. The maximum absolute atomic E-state index is 12.5. The molecule has 100 valence electrons. The highest BCUT2D eigenvalue weighted by atomic mass is 32.1. The highest BCUT2D eigenvalue weighted by Gasteiger charge is 2.09. The Balaban J connectivity index is 2.28. The van der Waals surface area contributed by atoms with Crippen LogP contribution < -0.4 is 10.2 Å². The molecule has 0 radical (unpaired) electrons. The normalized spacial score (nSPS) is 10.8. The molecule has 3 nitrogen and oxygen atoms in total. The van der Waals surface area contributed by atoms with Crippen molar-refractivity contribution < 1.29 is 9.84 Å². The molecular formula is C16H12O3S. The first-order valence-corrected chi connectivity index (χ1v) is 6.92. The molecule has 0 amide bonds. The van der Waals surface area contributed by atoms with E-state index in [0.29, 0.717) is 16.5 Å². The van der Waals surface area contributed by atoms with Crippen LogP contribution in [0.4, 0.5) is 0 Å². The first-order chi connectivity index (χ1) is 9.66. The monoisotopic (exact) mass is 284 g/mol. The molecule has 0 atom stereocenters. The van der Waals surface area contributed by atoms with Crippen molar-refractivity contribution in [2.45, 2.75) is 0 Å². The predicted octanol–water partition coefficient (Wildman–Crippen LogP) is 3.87. The Bertz CT molecular complexity index is 864. The van der Waals surface area contributed by atoms with Gasteiger partial charge in [-0.25, -0.2) is 0 Å². The van der Waals surface area contributed by atoms with Crippen LogP contribution in [0.2, 0.25) is 0 Å². The molecule has 0 saturated carbocycles. The molecule has 1 heterocycles. The fourth-order valence-electron chi connectivity index (χ4n) is 2.07. The molecule has 0 unspecified atom stereocenters. The number of benzene rings is 2. The van der Waals surface area contributed by atoms with Crippen LogP contribution in [0.25, 0.3) is 20.2 Å². The number of hydrogen-bond acceptors (Lipinski definition) is 4. The second-order valence-electron chi connectivity index (χ2n) is 4.42. The van der Waals surface area contributed by atoms with Gasteiger partial charge < -0.3 is 9.84 Å². The van der Waals surface area contributed by atoms with Gasteiger partial charge in [0, 0.05) is 15.5 Å². The van der Waals surface area contributed by atoms with Crippen molar-refractivity contribution in [2.24, 2.45) is 0 Å². The van der Waals surface area contributed by atoms with Gasteiger partial charge in [-0.05, 0) is 24.3 Å². The fraction of sp³-hybridized carbons (Fsp3) is 0.0625. The minimum atomic E-state index is -0.0462. The van der Waals surface area contributed by atoms with Crippen molar-refractivity contribution in [3.63, 3.8) is 0 Å². The molecule has 0 aliphatic heterocycles. The first-order valence-electron chi connectivity index (χ1n) is 6.11. The molecule has 2 aromatic carbocycles. The summed E-state index contributed by atoms with van der Waals surface area (Å²) < 4.78 is 7.22. The average Bonchev–Trinajstić information content (AvgIpc) is 2.45. The van der Waals surface area contributed by atoms with Crippen molar-refractivity contribution in [3.05, 3.63) is 65.0 Å². The maximum Gasteiger partial charge on any atom is 0.196 e. The number of aliphatic hydroxyl groups is 1. The molecule has 20 heavy (non-hydrogen) atoms. The molecule has 1 aromatic heterocycles. The number of hydrogen-bond donors (Lipinski definition) is 1. The highest BCUT2D eigenvalue weighted by Crippen LogP contribution is 2.31. The summed E-state index contributed by atoms with van der Waals surface area (Å²) in [7, 11) is 0. The lowest BCUT2D eigenvalue weighted by Crippen LogP contribution is -2.03. The summed E-state index contributed by atoms with van der Waals surface area (Å²) in [5.74, 6) is 0.542. The van der Waals surface area contributed by atoms with Crippen LogP contribution in [0.5, 0.6) is 5.75 Å². The largest absolute Gasteiger partial charge is 0.509 e. The number of aliphatic hydroxyl groups excluding tert-OH is 1. The summed E-state index contributed by atoms with van der Waals surface area (Å²) in [6, 6.07) is 12.9. The van der Waals surface area contributed by atoms with Crippen LogP contribution in [0.3, 0.4) is 0 Å². The molecule has 0 bridgehead atoms. The van der Waals surface area contributed by atoms with Crippen molar-refractivity contribution >= 4 is 31.5 Å². The fourth-order valence-corrected chi connectivity index (χ4v) is 3.21. The molecule has 4 heteroatoms. The summed E-state index contributed by atoms with van der Waals surface area (Å²) in [4.78, 5) is 12.5. The smallest absolute Gasteiger partial charge is 0.196 e. The Morgan fingerprint density at radius 2 is 1.90 bits per heavy atom. The Hall–Kier alpha value is -2.33. The zero-order valence-corrected chi connectivity index (χ0v) is 11.4. The lowest BCUT2D eigenvalue weighted by molar-refractivity contribution is 0.274. The van der Waals surface area contributed by atoms with E-state index < -0.39 is 0 Å². The van der Waals surface area contributed by atoms with Gasteiger partial charge in [-0.15, -0.1) is 11.3 Å². The Labute approximate surface area is 119 Å². The zero-order chi connectivity index (χ0) is 14.1. The van der Waals surface area contributed by atoms with Gasteiger partial charge in [0.25, 0.3) is 0 Å². The second-order valence-corrected chi connectivity index (χ2v) is 5.47. The Kier molecular flexibility index (Phi) is 3.16. The third-order valence-electron chi connectivity index (χ3n) is 2.96. The summed E-state index contributed by atoms with van der Waals surface area (Å²) in [5, 5.41) is 10.5. The van der Waals surface area contributed by atoms with Gasteiger partial charge in [0.15, 0.2) is 5.43 Å². The van der Waals surface area contributed by atoms with Crippen LogP contribution in [-0.2, 0) is 0 Å². The third-order valence-corrected chi connectivity index (χ3v) is 4.16. The number of ether oxygens (including phenoxy) is 1. The van der Waals surface area contributed by atoms with Gasteiger partial charge in [-0.2, -0.15) is 0 Å². The maximum atomic E-state index is 12.5. The lowest BCUT2D eigenvalue weighted by atomic mass is 10.2. The van der Waals surface area contributed by atoms with Crippen molar-refractivity contribution in [1.82, 2.24) is 0 Å². The van der Waals surface area contributed by atoms with Crippen LogP contribution in [0.15, 0.2) is 59.6 Å². The van der Waals surface area contributed by atoms with Crippen molar-refractivity contribution in [3.8, 4) is 5.75 Å². The van der Waals surface area contributed by atoms with Gasteiger partial charge in [0.1, 0.15) is 18.1 Å². The molecule has 0 fully saturated rings. The number of fused-ring (bicyclic) bond motifs is 2. The van der Waals surface area contributed by atoms with Gasteiger partial charge in [-0.1, -0.05) is 24.8 Å². The SMILES string of the molecule is C=C(O)COc1cccc2c(=O)c3ccccc3sc12. The minimum absolute atomic E-state index is 0.00243. The van der Waals surface area contributed by atoms with E-state index in [-0.39, 0.29) is 17.8 Å². The predicted molar refractivity (Wildman–Crippen MR) is 82.9 cm³/mol. The Morgan fingerprint density at radius 1 is 1.15 bits per heavy atom. The van der Waals surface area contributed by atoms with E-state index in [9.17, 15) is 4.79 Å². The van der Waals surface area contributed by atoms with Gasteiger partial charge >= 0.3 is 0 Å². The molecular weight excluding hydrogens is 272 g/mol. The van der Waals surface area contributed by atoms with E-state index in [1.54, 1.807) is 18.2 Å². The van der Waals surface area contributed by atoms with Gasteiger partial charge in [0.05, 0.1) is 4.70 Å². The summed E-state index contributed by atoms with van der Waals surface area (Å²) in [6.45, 7) is 3.41. The minimum Gasteiger partial charge on any atom is -0.509 e. The molecule has 0 aliphatic rings. The topological polar surface area (TPSA) is 46.5 Å². The molecule has 0 aliphatic carbocycles. The van der Waals surface area contributed by atoms with Crippen LogP contribution in [0, 0.1) is 0 Å². The first kappa shape index (κ1) is 12.7. The van der Waals surface area contributed by atoms with Crippen molar-refractivity contribution in [1.29, 1.82) is 0 Å². The summed E-state index contributed by atoms with van der Waals surface area (Å²) in [6.07, 6.45) is 0. The molecule has 0 saturated heterocycles. The average molecular weight is 284 g/mol. The van der Waals surface area contributed by atoms with E-state index in [0.717, 1.165) is 9.40 Å². The standard InChI is InChI=1S/C16H12O3S/c1-10(17)9-19-13-7-4-6-12-15(18)11-5-2-3-8-14(11)20-16(12)13/h2-8,17H,1,9H2. The van der Waals surface area contributed by atoms with E-state index in [4.69, 9.17) is 9.84 Å². The highest BCUT2D eigenvalue weighted by molar-refractivity contribution is 7.24. The zero-order valence-electron chi connectivity index (χ0n) is 10.6. The van der Waals surface area contributed by atoms with E-state index >= 15 is 0 Å². The quantitative estimate of drug-likeness (QED) is 0.586. The third kappa shape index (κ3) is 2.14. The molecule has 0 spiro atoms. The van der Waals surface area contributed by atoms with Crippen molar-refractivity contribution in [2.75, 3.05) is 6.61 Å². The van der Waals surface area contributed by atoms with Gasteiger partial charge in [-0.3, -0.25) is 4.79 Å². The summed E-state index contributed by atoms with van der Waals surface area (Å²) in [5.41, 5.74) is 0.00243. The molecule has 3 rings (SSSR count). The van der Waals surface area contributed by atoms with E-state index in [1.807, 2.05) is 24.3 Å². The number of rotatable bonds is 3. The lowest BCUT2D eigenvalue weighted by Gasteiger charge is -2.08. The van der Waals surface area contributed by atoms with Gasteiger partial charge in [0.2, 0.25) is 0 Å². The second kappa shape index (κ2) is 4.98. The molecule has 1 N–H and O–H groups in total. The molecule has 3 aromatic rings. The Morgan fingerprint density at radius 3 is 2.70 bits per heavy atom. The van der Waals surface area contributed by atoms with Crippen LogP contribution in [-0.4, -0.2) is 11.7 Å². The van der Waals surface area contributed by atoms with E-state index in [1.165, 1.54) is 11.3 Å². The van der Waals surface area contributed by atoms with E-state index in [2.05, 4.69) is 6.58 Å². The van der Waals surface area contributed by atoms with Crippen LogP contribution in [0.1, 0.15) is 0 Å². The van der Waals surface area contributed by atoms with Crippen LogP contribution >= 0.6 is 11.3 Å².